The highest BCUT2D eigenvalue weighted by atomic mass is 32.2. The van der Waals surface area contributed by atoms with Crippen molar-refractivity contribution in [2.75, 3.05) is 12.9 Å². The monoisotopic (exact) mass is 582 g/mol. The van der Waals surface area contributed by atoms with Crippen LogP contribution in [0.5, 0.6) is 0 Å². The lowest BCUT2D eigenvalue weighted by Crippen LogP contribution is -2.11. The van der Waals surface area contributed by atoms with Crippen molar-refractivity contribution in [3.63, 3.8) is 0 Å². The number of aliphatic imine (C=N–C) groups is 1. The van der Waals surface area contributed by atoms with Gasteiger partial charge in [-0.05, 0) is 62.4 Å². The fourth-order valence-corrected chi connectivity index (χ4v) is 5.80. The van der Waals surface area contributed by atoms with Crippen LogP contribution in [0.1, 0.15) is 73.3 Å². The minimum atomic E-state index is -3.35. The Morgan fingerprint density at radius 1 is 0.976 bits per heavy atom. The number of aromatic nitrogens is 5. The second kappa shape index (κ2) is 11.3. The van der Waals surface area contributed by atoms with Crippen molar-refractivity contribution in [1.82, 2.24) is 24.5 Å². The Balaban J connectivity index is 1.22. The van der Waals surface area contributed by atoms with E-state index in [1.165, 1.54) is 0 Å². The van der Waals surface area contributed by atoms with E-state index in [-0.39, 0.29) is 12.1 Å². The van der Waals surface area contributed by atoms with Gasteiger partial charge in [-0.15, -0.1) is 10.2 Å². The smallest absolute Gasteiger partial charge is 0.264 e. The third-order valence-electron chi connectivity index (χ3n) is 7.71. The van der Waals surface area contributed by atoms with Crippen LogP contribution in [-0.2, 0) is 26.9 Å². The van der Waals surface area contributed by atoms with Crippen molar-refractivity contribution in [3.8, 4) is 28.7 Å². The first-order valence-electron chi connectivity index (χ1n) is 14.3. The molecule has 1 spiro atoms. The van der Waals surface area contributed by atoms with E-state index in [0.717, 1.165) is 102 Å². The standard InChI is InChI=1S/C32H34N6O3S/c1-23-35-36-31-32(17-18-32)34-30(28-20-26(15-16-29(28)38(23)31)27-21-33-37(2)22-27)25-13-11-24(12-14-25)10-8-6-4-5-7-9-19-41-42(3,39)40/h11-16,20-22H,4-7,9,17-19H2,1-3H3. The first kappa shape index (κ1) is 28.1. The minimum Gasteiger partial charge on any atom is -0.280 e. The molecule has 0 bridgehead atoms. The van der Waals surface area contributed by atoms with Crippen LogP contribution in [0, 0.1) is 18.8 Å². The van der Waals surface area contributed by atoms with Gasteiger partial charge >= 0.3 is 0 Å². The van der Waals surface area contributed by atoms with Gasteiger partial charge in [0.15, 0.2) is 5.82 Å². The molecule has 0 unspecified atom stereocenters. The molecule has 10 heteroatoms. The van der Waals surface area contributed by atoms with E-state index >= 15 is 0 Å². The maximum atomic E-state index is 11.0. The Bertz CT molecular complexity index is 1820. The van der Waals surface area contributed by atoms with Gasteiger partial charge in [-0.1, -0.05) is 42.9 Å². The van der Waals surface area contributed by atoms with Crippen LogP contribution in [0.25, 0.3) is 16.8 Å². The molecule has 3 heterocycles. The molecule has 2 aliphatic rings. The molecule has 1 aliphatic carbocycles. The van der Waals surface area contributed by atoms with E-state index in [1.54, 1.807) is 0 Å². The van der Waals surface area contributed by atoms with Gasteiger partial charge in [0.1, 0.15) is 11.4 Å². The van der Waals surface area contributed by atoms with Gasteiger partial charge < -0.3 is 0 Å². The van der Waals surface area contributed by atoms with Crippen LogP contribution in [0.4, 0.5) is 0 Å². The van der Waals surface area contributed by atoms with Crippen LogP contribution >= 0.6 is 0 Å². The highest BCUT2D eigenvalue weighted by molar-refractivity contribution is 7.85. The summed E-state index contributed by atoms with van der Waals surface area (Å²) >= 11 is 0. The summed E-state index contributed by atoms with van der Waals surface area (Å²) in [6.07, 6.45) is 11.3. The molecule has 42 heavy (non-hydrogen) atoms. The first-order chi connectivity index (χ1) is 20.2. The van der Waals surface area contributed by atoms with Crippen LogP contribution < -0.4 is 0 Å². The lowest BCUT2D eigenvalue weighted by atomic mass is 9.96. The highest BCUT2D eigenvalue weighted by Crippen LogP contribution is 2.51. The Hall–Kier alpha value is -4.07. The minimum absolute atomic E-state index is 0.248. The third kappa shape index (κ3) is 5.94. The lowest BCUT2D eigenvalue weighted by Gasteiger charge is -2.14. The van der Waals surface area contributed by atoms with E-state index in [4.69, 9.17) is 9.18 Å². The second-order valence-electron chi connectivity index (χ2n) is 11.1. The van der Waals surface area contributed by atoms with Gasteiger partial charge in [0.25, 0.3) is 10.1 Å². The summed E-state index contributed by atoms with van der Waals surface area (Å²) in [6, 6.07) is 14.8. The molecule has 2 aromatic heterocycles. The van der Waals surface area contributed by atoms with Gasteiger partial charge in [-0.25, -0.2) is 0 Å². The Kier molecular flexibility index (Phi) is 7.56. The van der Waals surface area contributed by atoms with Crippen molar-refractivity contribution in [1.29, 1.82) is 0 Å². The summed E-state index contributed by atoms with van der Waals surface area (Å²) in [6.45, 7) is 2.25. The summed E-state index contributed by atoms with van der Waals surface area (Å²) in [5, 5.41) is 13.4. The molecule has 0 atom stereocenters. The predicted molar refractivity (Wildman–Crippen MR) is 162 cm³/mol. The van der Waals surface area contributed by atoms with Crippen molar-refractivity contribution >= 4 is 15.8 Å². The lowest BCUT2D eigenvalue weighted by molar-refractivity contribution is 0.310. The number of rotatable bonds is 9. The number of unbranched alkanes of at least 4 members (excludes halogenated alkanes) is 4. The van der Waals surface area contributed by atoms with Crippen molar-refractivity contribution in [3.05, 3.63) is 83.2 Å². The van der Waals surface area contributed by atoms with Crippen LogP contribution in [0.15, 0.2) is 59.9 Å². The summed E-state index contributed by atoms with van der Waals surface area (Å²) in [7, 11) is -1.42. The quantitative estimate of drug-likeness (QED) is 0.155. The molecule has 0 amide bonds. The molecule has 9 nitrogen and oxygen atoms in total. The second-order valence-corrected chi connectivity index (χ2v) is 12.7. The van der Waals surface area contributed by atoms with Crippen LogP contribution in [0.2, 0.25) is 0 Å². The highest BCUT2D eigenvalue weighted by Gasteiger charge is 2.51. The normalized spacial score (nSPS) is 14.9. The number of nitrogens with zero attached hydrogens (tertiary/aromatic N) is 6. The molecular formula is C32H34N6O3S. The third-order valence-corrected chi connectivity index (χ3v) is 8.30. The molecule has 1 fully saturated rings. The van der Waals surface area contributed by atoms with E-state index < -0.39 is 10.1 Å². The Morgan fingerprint density at radius 2 is 1.74 bits per heavy atom. The average Bonchev–Trinajstić information content (AvgIpc) is 3.48. The zero-order chi connectivity index (χ0) is 29.3. The van der Waals surface area contributed by atoms with Gasteiger partial charge in [0.2, 0.25) is 0 Å². The molecular weight excluding hydrogens is 548 g/mol. The molecule has 0 radical (unpaired) electrons. The number of hydrogen-bond acceptors (Lipinski definition) is 7. The average molecular weight is 583 g/mol. The van der Waals surface area contributed by atoms with Crippen LogP contribution in [-0.4, -0.2) is 51.5 Å². The van der Waals surface area contributed by atoms with Gasteiger partial charge in [-0.2, -0.15) is 13.5 Å². The maximum Gasteiger partial charge on any atom is 0.264 e. The van der Waals surface area contributed by atoms with E-state index in [1.807, 2.05) is 31.0 Å². The topological polar surface area (TPSA) is 104 Å². The summed E-state index contributed by atoms with van der Waals surface area (Å²) in [5.41, 5.74) is 6.84. The molecule has 4 aromatic rings. The molecule has 1 saturated carbocycles. The SMILES string of the molecule is Cc1nnc2n1-c1ccc(-c3cnn(C)c3)cc1C(c1ccc(C#CCCCCCCOS(C)(=O)=O)cc1)=NC21CC1. The van der Waals surface area contributed by atoms with Gasteiger partial charge in [0.05, 0.1) is 30.5 Å². The van der Waals surface area contributed by atoms with Crippen molar-refractivity contribution < 1.29 is 12.6 Å². The molecule has 0 N–H and O–H groups in total. The molecule has 216 valence electrons. The van der Waals surface area contributed by atoms with Gasteiger partial charge in [0, 0.05) is 41.9 Å². The van der Waals surface area contributed by atoms with Crippen LogP contribution in [0.3, 0.4) is 0 Å². The zero-order valence-corrected chi connectivity index (χ0v) is 25.0. The van der Waals surface area contributed by atoms with Crippen molar-refractivity contribution in [2.45, 2.75) is 57.4 Å². The fraction of sp³-hybridized carbons (Fsp3) is 0.375. The summed E-state index contributed by atoms with van der Waals surface area (Å²) in [5.74, 6) is 8.32. The number of aryl methyl sites for hydroxylation is 2. The molecule has 0 saturated heterocycles. The number of benzene rings is 2. The number of hydrogen-bond donors (Lipinski definition) is 0. The summed E-state index contributed by atoms with van der Waals surface area (Å²) < 4.78 is 30.8. The molecule has 6 rings (SSSR count). The molecule has 1 aliphatic heterocycles. The Labute approximate surface area is 246 Å². The maximum absolute atomic E-state index is 11.0. The van der Waals surface area contributed by atoms with Gasteiger partial charge in [-0.3, -0.25) is 18.4 Å². The first-order valence-corrected chi connectivity index (χ1v) is 16.1. The fourth-order valence-electron chi connectivity index (χ4n) is 5.38. The van der Waals surface area contributed by atoms with E-state index in [2.05, 4.69) is 74.2 Å². The van der Waals surface area contributed by atoms with E-state index in [0.29, 0.717) is 0 Å². The van der Waals surface area contributed by atoms with E-state index in [9.17, 15) is 8.42 Å². The summed E-state index contributed by atoms with van der Waals surface area (Å²) in [4.78, 5) is 5.38. The van der Waals surface area contributed by atoms with Crippen molar-refractivity contribution in [2.24, 2.45) is 12.0 Å². The predicted octanol–water partition coefficient (Wildman–Crippen LogP) is 5.09. The zero-order valence-electron chi connectivity index (χ0n) is 24.2. The Morgan fingerprint density at radius 3 is 2.45 bits per heavy atom. The number of fused-ring (bicyclic) bond motifs is 4. The largest absolute Gasteiger partial charge is 0.280 e. The molecule has 2 aromatic carbocycles.